The van der Waals surface area contributed by atoms with Crippen LogP contribution in [-0.4, -0.2) is 18.7 Å². The molecule has 4 nitrogen and oxygen atoms in total. The van der Waals surface area contributed by atoms with Gasteiger partial charge in [-0.05, 0) is 12.8 Å². The summed E-state index contributed by atoms with van der Waals surface area (Å²) in [6.45, 7) is 3.70. The average Bonchev–Trinajstić information content (AvgIpc) is 2.14. The van der Waals surface area contributed by atoms with E-state index in [9.17, 15) is 4.79 Å². The molecule has 0 aromatic carbocycles. The van der Waals surface area contributed by atoms with Gasteiger partial charge in [-0.25, -0.2) is 4.79 Å². The van der Waals surface area contributed by atoms with Crippen molar-refractivity contribution in [2.24, 2.45) is 0 Å². The quantitative estimate of drug-likeness (QED) is 0.696. The Hall–Kier alpha value is -1.24. The first-order valence-electron chi connectivity index (χ1n) is 3.91. The van der Waals surface area contributed by atoms with Crippen molar-refractivity contribution in [2.75, 3.05) is 7.11 Å². The van der Waals surface area contributed by atoms with Crippen molar-refractivity contribution < 1.29 is 9.53 Å². The van der Waals surface area contributed by atoms with Gasteiger partial charge in [0.15, 0.2) is 0 Å². The van der Waals surface area contributed by atoms with Gasteiger partial charge in [0.1, 0.15) is 5.54 Å². The van der Waals surface area contributed by atoms with Crippen molar-refractivity contribution in [1.29, 1.82) is 5.26 Å². The van der Waals surface area contributed by atoms with E-state index in [1.807, 2.05) is 13.8 Å². The summed E-state index contributed by atoms with van der Waals surface area (Å²) in [5.74, 6) is 0. The molecule has 0 saturated carbocycles. The van der Waals surface area contributed by atoms with Crippen LogP contribution < -0.4 is 5.32 Å². The van der Waals surface area contributed by atoms with Crippen LogP contribution in [0, 0.1) is 11.3 Å². The Balaban J connectivity index is 4.33. The van der Waals surface area contributed by atoms with Gasteiger partial charge in [-0.3, -0.25) is 0 Å². The fourth-order valence-corrected chi connectivity index (χ4v) is 0.859. The molecular formula is C8H14N2O2. The third-order valence-corrected chi connectivity index (χ3v) is 1.95. The van der Waals surface area contributed by atoms with Crippen molar-refractivity contribution >= 4 is 6.09 Å². The third kappa shape index (κ3) is 2.42. The Kier molecular flexibility index (Phi) is 4.12. The van der Waals surface area contributed by atoms with E-state index in [1.54, 1.807) is 0 Å². The molecule has 68 valence electrons. The number of nitrogens with zero attached hydrogens (tertiary/aromatic N) is 1. The van der Waals surface area contributed by atoms with E-state index in [-0.39, 0.29) is 0 Å². The van der Waals surface area contributed by atoms with Gasteiger partial charge in [0.25, 0.3) is 0 Å². The topological polar surface area (TPSA) is 62.1 Å². The molecule has 0 heterocycles. The van der Waals surface area contributed by atoms with Crippen molar-refractivity contribution in [1.82, 2.24) is 5.32 Å². The lowest BCUT2D eigenvalue weighted by molar-refractivity contribution is 0.160. The third-order valence-electron chi connectivity index (χ3n) is 1.95. The molecule has 0 aliphatic heterocycles. The van der Waals surface area contributed by atoms with Crippen LogP contribution in [0.4, 0.5) is 4.79 Å². The summed E-state index contributed by atoms with van der Waals surface area (Å²) in [7, 11) is 1.28. The van der Waals surface area contributed by atoms with Gasteiger partial charge in [0.2, 0.25) is 0 Å². The summed E-state index contributed by atoms with van der Waals surface area (Å²) >= 11 is 0. The van der Waals surface area contributed by atoms with E-state index in [4.69, 9.17) is 5.26 Å². The second-order valence-corrected chi connectivity index (χ2v) is 2.52. The molecule has 0 unspecified atom stereocenters. The molecule has 0 spiro atoms. The molecule has 0 aromatic rings. The Morgan fingerprint density at radius 2 is 2.08 bits per heavy atom. The number of nitriles is 1. The fraction of sp³-hybridized carbons (Fsp3) is 0.750. The van der Waals surface area contributed by atoms with Gasteiger partial charge in [-0.2, -0.15) is 5.26 Å². The highest BCUT2D eigenvalue weighted by atomic mass is 16.5. The Morgan fingerprint density at radius 3 is 2.33 bits per heavy atom. The van der Waals surface area contributed by atoms with Crippen LogP contribution in [0.25, 0.3) is 0 Å². The maximum Gasteiger partial charge on any atom is 0.408 e. The fourth-order valence-electron chi connectivity index (χ4n) is 0.859. The molecular weight excluding hydrogens is 156 g/mol. The van der Waals surface area contributed by atoms with Crippen molar-refractivity contribution in [2.45, 2.75) is 32.2 Å². The zero-order chi connectivity index (χ0) is 9.61. The summed E-state index contributed by atoms with van der Waals surface area (Å²) < 4.78 is 4.41. The standard InChI is InChI=1S/C8H14N2O2/c1-4-8(5-2,6-9)10-7(11)12-3/h4-5H2,1-3H3,(H,10,11). The van der Waals surface area contributed by atoms with E-state index < -0.39 is 11.6 Å². The van der Waals surface area contributed by atoms with Crippen LogP contribution in [0.15, 0.2) is 0 Å². The predicted octanol–water partition coefficient (Wildman–Crippen LogP) is 1.42. The molecule has 0 radical (unpaired) electrons. The lowest BCUT2D eigenvalue weighted by Gasteiger charge is -2.23. The van der Waals surface area contributed by atoms with Crippen molar-refractivity contribution in [3.05, 3.63) is 0 Å². The highest BCUT2D eigenvalue weighted by Crippen LogP contribution is 2.13. The highest BCUT2D eigenvalue weighted by Gasteiger charge is 2.27. The molecule has 0 aromatic heterocycles. The highest BCUT2D eigenvalue weighted by molar-refractivity contribution is 5.68. The summed E-state index contributed by atoms with van der Waals surface area (Å²) in [6.07, 6.45) is 0.602. The molecule has 0 saturated heterocycles. The van der Waals surface area contributed by atoms with E-state index >= 15 is 0 Å². The molecule has 0 aliphatic carbocycles. The predicted molar refractivity (Wildman–Crippen MR) is 44.5 cm³/mol. The number of amides is 1. The number of ether oxygens (including phenoxy) is 1. The van der Waals surface area contributed by atoms with Crippen molar-refractivity contribution in [3.8, 4) is 6.07 Å². The average molecular weight is 170 g/mol. The number of hydrogen-bond donors (Lipinski definition) is 1. The SMILES string of the molecule is CCC(C#N)(CC)NC(=O)OC. The maximum atomic E-state index is 10.8. The number of rotatable bonds is 3. The van der Waals surface area contributed by atoms with Gasteiger partial charge in [0.05, 0.1) is 13.2 Å². The minimum Gasteiger partial charge on any atom is -0.453 e. The van der Waals surface area contributed by atoms with Crippen LogP contribution in [0.2, 0.25) is 0 Å². The molecule has 4 heteroatoms. The van der Waals surface area contributed by atoms with Crippen LogP contribution in [0.3, 0.4) is 0 Å². The number of alkyl carbamates (subject to hydrolysis) is 1. The first-order valence-corrected chi connectivity index (χ1v) is 3.91. The monoisotopic (exact) mass is 170 g/mol. The normalized spacial score (nSPS) is 10.2. The molecule has 1 N–H and O–H groups in total. The minimum atomic E-state index is -0.771. The first kappa shape index (κ1) is 10.8. The molecule has 0 bridgehead atoms. The van der Waals surface area contributed by atoms with E-state index in [0.717, 1.165) is 0 Å². The lowest BCUT2D eigenvalue weighted by Crippen LogP contribution is -2.46. The van der Waals surface area contributed by atoms with Crippen LogP contribution in [-0.2, 0) is 4.74 Å². The molecule has 0 atom stereocenters. The van der Waals surface area contributed by atoms with E-state index in [1.165, 1.54) is 7.11 Å². The van der Waals surface area contributed by atoms with Gasteiger partial charge < -0.3 is 10.1 Å². The summed E-state index contributed by atoms with van der Waals surface area (Å²) in [6, 6.07) is 2.07. The second-order valence-electron chi connectivity index (χ2n) is 2.52. The van der Waals surface area contributed by atoms with Crippen LogP contribution >= 0.6 is 0 Å². The molecule has 0 rings (SSSR count). The Labute approximate surface area is 72.5 Å². The van der Waals surface area contributed by atoms with Crippen LogP contribution in [0.1, 0.15) is 26.7 Å². The molecule has 0 fully saturated rings. The molecule has 1 amide bonds. The Bertz CT molecular complexity index is 192. The molecule has 12 heavy (non-hydrogen) atoms. The number of carbonyl (C=O) groups is 1. The summed E-state index contributed by atoms with van der Waals surface area (Å²) in [5, 5.41) is 11.3. The van der Waals surface area contributed by atoms with Crippen molar-refractivity contribution in [3.63, 3.8) is 0 Å². The first-order chi connectivity index (χ1) is 5.64. The van der Waals surface area contributed by atoms with Crippen LogP contribution in [0.5, 0.6) is 0 Å². The number of nitrogens with one attached hydrogen (secondary N) is 1. The molecule has 0 aliphatic rings. The smallest absolute Gasteiger partial charge is 0.408 e. The van der Waals surface area contributed by atoms with E-state index in [2.05, 4.69) is 16.1 Å². The number of methoxy groups -OCH3 is 1. The zero-order valence-electron chi connectivity index (χ0n) is 7.68. The van der Waals surface area contributed by atoms with Gasteiger partial charge in [-0.15, -0.1) is 0 Å². The van der Waals surface area contributed by atoms with Gasteiger partial charge in [-0.1, -0.05) is 13.8 Å². The number of hydrogen-bond acceptors (Lipinski definition) is 3. The summed E-state index contributed by atoms with van der Waals surface area (Å²) in [4.78, 5) is 10.8. The van der Waals surface area contributed by atoms with E-state index in [0.29, 0.717) is 12.8 Å². The Morgan fingerprint density at radius 1 is 1.58 bits per heavy atom. The maximum absolute atomic E-state index is 10.8. The minimum absolute atomic E-state index is 0.555. The summed E-state index contributed by atoms with van der Waals surface area (Å²) in [5.41, 5.74) is -0.771. The largest absolute Gasteiger partial charge is 0.453 e. The van der Waals surface area contributed by atoms with Gasteiger partial charge in [0, 0.05) is 0 Å². The van der Waals surface area contributed by atoms with Gasteiger partial charge >= 0.3 is 6.09 Å². The number of carbonyl (C=O) groups excluding carboxylic acids is 1. The second kappa shape index (κ2) is 4.60. The lowest BCUT2D eigenvalue weighted by atomic mass is 9.95. The zero-order valence-corrected chi connectivity index (χ0v) is 7.68.